The first kappa shape index (κ1) is 9.45. The van der Waals surface area contributed by atoms with Crippen LogP contribution in [0.25, 0.3) is 0 Å². The van der Waals surface area contributed by atoms with Crippen LogP contribution in [0.4, 0.5) is 0 Å². The van der Waals surface area contributed by atoms with Crippen LogP contribution in [0.1, 0.15) is 20.3 Å². The van der Waals surface area contributed by atoms with Gasteiger partial charge >= 0.3 is 0 Å². The van der Waals surface area contributed by atoms with Crippen LogP contribution in [-0.2, 0) is 4.79 Å². The fourth-order valence-corrected chi connectivity index (χ4v) is 1.50. The average Bonchev–Trinajstić information content (AvgIpc) is 2.17. The van der Waals surface area contributed by atoms with Crippen molar-refractivity contribution in [2.75, 3.05) is 7.05 Å². The smallest absolute Gasteiger partial charge is 0.251 e. The fraction of sp³-hybridized carbons (Fsp3) is 0.750. The monoisotopic (exact) mass is 186 g/mol. The summed E-state index contributed by atoms with van der Waals surface area (Å²) < 4.78 is 0. The minimum atomic E-state index is -0.0949. The molecular formula is C8H14N2OS. The first-order valence-corrected chi connectivity index (χ1v) is 4.51. The quantitative estimate of drug-likeness (QED) is 0.646. The van der Waals surface area contributed by atoms with Crippen molar-refractivity contribution in [3.8, 4) is 0 Å². The van der Waals surface area contributed by atoms with E-state index in [2.05, 4.69) is 19.2 Å². The molecule has 1 fully saturated rings. The molecule has 1 atom stereocenters. The molecule has 0 saturated carbocycles. The zero-order chi connectivity index (χ0) is 9.30. The number of hydrogen-bond acceptors (Lipinski definition) is 2. The number of amides is 1. The number of rotatable bonds is 2. The van der Waals surface area contributed by atoms with Crippen LogP contribution in [0.5, 0.6) is 0 Å². The summed E-state index contributed by atoms with van der Waals surface area (Å²) in [6.07, 6.45) is 0.851. The highest BCUT2D eigenvalue weighted by molar-refractivity contribution is 7.80. The van der Waals surface area contributed by atoms with Crippen molar-refractivity contribution < 1.29 is 4.79 Å². The molecule has 1 aliphatic rings. The number of thiocarbonyl (C=S) groups is 1. The van der Waals surface area contributed by atoms with E-state index in [0.29, 0.717) is 11.0 Å². The van der Waals surface area contributed by atoms with Crippen LogP contribution in [-0.4, -0.2) is 29.0 Å². The lowest BCUT2D eigenvalue weighted by Crippen LogP contribution is -2.30. The van der Waals surface area contributed by atoms with E-state index in [9.17, 15) is 4.79 Å². The number of hydrogen-bond donors (Lipinski definition) is 1. The molecule has 0 aromatic heterocycles. The first-order valence-electron chi connectivity index (χ1n) is 4.10. The lowest BCUT2D eigenvalue weighted by Gasteiger charge is -2.10. The van der Waals surface area contributed by atoms with Crippen molar-refractivity contribution >= 4 is 23.2 Å². The largest absolute Gasteiger partial charge is 0.350 e. The summed E-state index contributed by atoms with van der Waals surface area (Å²) in [5, 5.41) is 3.54. The molecule has 1 saturated heterocycles. The Labute approximate surface area is 78.1 Å². The van der Waals surface area contributed by atoms with Gasteiger partial charge in [-0.3, -0.25) is 9.69 Å². The molecule has 1 N–H and O–H groups in total. The van der Waals surface area contributed by atoms with E-state index in [-0.39, 0.29) is 11.9 Å². The third-order valence-electron chi connectivity index (χ3n) is 1.94. The minimum Gasteiger partial charge on any atom is -0.350 e. The van der Waals surface area contributed by atoms with Gasteiger partial charge in [-0.1, -0.05) is 13.8 Å². The standard InChI is InChI=1S/C8H14N2OS/c1-5(2)4-6-7(11)10(3)8(12)9-6/h5-6H,4H2,1-3H3,(H,9,12)/t6-/m0/s1. The average molecular weight is 186 g/mol. The van der Waals surface area contributed by atoms with Gasteiger partial charge in [-0.05, 0) is 24.6 Å². The highest BCUT2D eigenvalue weighted by Gasteiger charge is 2.32. The molecular weight excluding hydrogens is 172 g/mol. The highest BCUT2D eigenvalue weighted by atomic mass is 32.1. The van der Waals surface area contributed by atoms with Gasteiger partial charge in [0.15, 0.2) is 5.11 Å². The number of likely N-dealkylation sites (N-methyl/N-ethyl adjacent to an activating group) is 1. The Morgan fingerprint density at radius 1 is 1.67 bits per heavy atom. The van der Waals surface area contributed by atoms with Crippen LogP contribution in [0.3, 0.4) is 0 Å². The zero-order valence-corrected chi connectivity index (χ0v) is 8.44. The second-order valence-electron chi connectivity index (χ2n) is 3.53. The second-order valence-corrected chi connectivity index (χ2v) is 3.92. The molecule has 1 rings (SSSR count). The molecule has 68 valence electrons. The molecule has 0 radical (unpaired) electrons. The van der Waals surface area contributed by atoms with Crippen LogP contribution in [0.2, 0.25) is 0 Å². The summed E-state index contributed by atoms with van der Waals surface area (Å²) in [6, 6.07) is -0.0949. The maximum Gasteiger partial charge on any atom is 0.251 e. The Bertz CT molecular complexity index is 215. The van der Waals surface area contributed by atoms with E-state index >= 15 is 0 Å². The SMILES string of the molecule is CC(C)C[C@@H]1NC(=S)N(C)C1=O. The van der Waals surface area contributed by atoms with Gasteiger partial charge in [0.2, 0.25) is 0 Å². The first-order chi connectivity index (χ1) is 5.52. The van der Waals surface area contributed by atoms with E-state index in [1.165, 1.54) is 4.90 Å². The van der Waals surface area contributed by atoms with E-state index in [0.717, 1.165) is 6.42 Å². The topological polar surface area (TPSA) is 32.3 Å². The van der Waals surface area contributed by atoms with Crippen LogP contribution < -0.4 is 5.32 Å². The summed E-state index contributed by atoms with van der Waals surface area (Å²) in [5.74, 6) is 0.606. The normalized spacial score (nSPS) is 23.7. The van der Waals surface area contributed by atoms with Crippen molar-refractivity contribution in [3.05, 3.63) is 0 Å². The van der Waals surface area contributed by atoms with Crippen molar-refractivity contribution in [2.45, 2.75) is 26.3 Å². The van der Waals surface area contributed by atoms with Crippen LogP contribution in [0.15, 0.2) is 0 Å². The summed E-state index contributed by atoms with van der Waals surface area (Å²) >= 11 is 4.94. The predicted octanol–water partition coefficient (Wildman–Crippen LogP) is 0.748. The van der Waals surface area contributed by atoms with Gasteiger partial charge in [0.1, 0.15) is 6.04 Å². The molecule has 3 nitrogen and oxygen atoms in total. The van der Waals surface area contributed by atoms with E-state index in [1.54, 1.807) is 7.05 Å². The zero-order valence-electron chi connectivity index (χ0n) is 7.63. The second kappa shape index (κ2) is 3.39. The highest BCUT2D eigenvalue weighted by Crippen LogP contribution is 2.12. The lowest BCUT2D eigenvalue weighted by atomic mass is 10.0. The van der Waals surface area contributed by atoms with E-state index < -0.39 is 0 Å². The van der Waals surface area contributed by atoms with Crippen molar-refractivity contribution in [2.24, 2.45) is 5.92 Å². The number of nitrogens with zero attached hydrogens (tertiary/aromatic N) is 1. The maximum atomic E-state index is 11.4. The molecule has 0 bridgehead atoms. The molecule has 0 aromatic carbocycles. The molecule has 0 aromatic rings. The van der Waals surface area contributed by atoms with Gasteiger partial charge < -0.3 is 5.32 Å². The molecule has 1 heterocycles. The van der Waals surface area contributed by atoms with Crippen LogP contribution in [0, 0.1) is 5.92 Å². The van der Waals surface area contributed by atoms with Gasteiger partial charge in [0.25, 0.3) is 5.91 Å². The van der Waals surface area contributed by atoms with E-state index in [1.807, 2.05) is 0 Å². The van der Waals surface area contributed by atoms with Crippen molar-refractivity contribution in [1.29, 1.82) is 0 Å². The summed E-state index contributed by atoms with van der Waals surface area (Å²) in [4.78, 5) is 12.9. The van der Waals surface area contributed by atoms with Gasteiger partial charge in [-0.25, -0.2) is 0 Å². The van der Waals surface area contributed by atoms with Gasteiger partial charge in [0.05, 0.1) is 0 Å². The Hall–Kier alpha value is -0.640. The summed E-state index contributed by atoms with van der Waals surface area (Å²) in [7, 11) is 1.71. The van der Waals surface area contributed by atoms with Gasteiger partial charge in [0, 0.05) is 7.05 Å². The van der Waals surface area contributed by atoms with Crippen LogP contribution >= 0.6 is 12.2 Å². The summed E-state index contributed by atoms with van der Waals surface area (Å²) in [5.41, 5.74) is 0. The molecule has 0 unspecified atom stereocenters. The molecule has 4 heteroatoms. The van der Waals surface area contributed by atoms with Crippen molar-refractivity contribution in [3.63, 3.8) is 0 Å². The fourth-order valence-electron chi connectivity index (χ4n) is 1.27. The number of nitrogens with one attached hydrogen (secondary N) is 1. The summed E-state index contributed by atoms with van der Waals surface area (Å²) in [6.45, 7) is 4.19. The van der Waals surface area contributed by atoms with E-state index in [4.69, 9.17) is 12.2 Å². The Morgan fingerprint density at radius 2 is 2.25 bits per heavy atom. The lowest BCUT2D eigenvalue weighted by molar-refractivity contribution is -0.126. The predicted molar refractivity (Wildman–Crippen MR) is 51.7 cm³/mol. The molecule has 1 aliphatic heterocycles. The third kappa shape index (κ3) is 1.75. The molecule has 12 heavy (non-hydrogen) atoms. The minimum absolute atomic E-state index is 0.0914. The number of carbonyl (C=O) groups is 1. The molecule has 1 amide bonds. The Kier molecular flexibility index (Phi) is 2.67. The van der Waals surface area contributed by atoms with Gasteiger partial charge in [-0.2, -0.15) is 0 Å². The maximum absolute atomic E-state index is 11.4. The van der Waals surface area contributed by atoms with Gasteiger partial charge in [-0.15, -0.1) is 0 Å². The Balaban J connectivity index is 2.59. The number of carbonyl (C=O) groups excluding carboxylic acids is 1. The van der Waals surface area contributed by atoms with Crippen molar-refractivity contribution in [1.82, 2.24) is 10.2 Å². The third-order valence-corrected chi connectivity index (χ3v) is 2.33. The molecule has 0 spiro atoms. The Morgan fingerprint density at radius 3 is 2.58 bits per heavy atom. The molecule has 0 aliphatic carbocycles.